The number of hydrogen-bond acceptors (Lipinski definition) is 4. The van der Waals surface area contributed by atoms with Gasteiger partial charge in [0.05, 0.1) is 10.6 Å². The normalized spacial score (nSPS) is 12.1. The Bertz CT molecular complexity index is 1420. The van der Waals surface area contributed by atoms with Crippen LogP contribution in [0.3, 0.4) is 0 Å². The number of sulfonamides is 1. The molecule has 39 heavy (non-hydrogen) atoms. The molecular weight excluding hydrogens is 534 g/mol. The van der Waals surface area contributed by atoms with E-state index in [0.29, 0.717) is 22.8 Å². The maximum absolute atomic E-state index is 14.0. The number of nitrogens with zero attached hydrogens (tertiary/aromatic N) is 2. The third kappa shape index (κ3) is 7.61. The van der Waals surface area contributed by atoms with E-state index >= 15 is 0 Å². The lowest BCUT2D eigenvalue weighted by atomic mass is 10.1. The summed E-state index contributed by atoms with van der Waals surface area (Å²) in [5.74, 6) is -0.822. The van der Waals surface area contributed by atoms with Crippen LogP contribution in [0.1, 0.15) is 42.5 Å². The van der Waals surface area contributed by atoms with E-state index in [1.165, 1.54) is 17.0 Å². The maximum atomic E-state index is 14.0. The SMILES string of the molecule is CCCNC(=O)[C@H](C)N(Cc1cccc(Cl)c1)C(=O)CN(c1cc(C)ccc1C)S(=O)(=O)c1ccc(C)cc1. The smallest absolute Gasteiger partial charge is 0.264 e. The van der Waals surface area contributed by atoms with Crippen LogP contribution in [0.5, 0.6) is 0 Å². The molecule has 0 unspecified atom stereocenters. The molecule has 0 saturated heterocycles. The Kier molecular flexibility index (Phi) is 10.2. The first kappa shape index (κ1) is 30.2. The lowest BCUT2D eigenvalue weighted by Crippen LogP contribution is -2.51. The highest BCUT2D eigenvalue weighted by Crippen LogP contribution is 2.29. The predicted octanol–water partition coefficient (Wildman–Crippen LogP) is 5.40. The van der Waals surface area contributed by atoms with Crippen LogP contribution in [0.2, 0.25) is 5.02 Å². The molecule has 0 bridgehead atoms. The number of carbonyl (C=O) groups is 2. The van der Waals surface area contributed by atoms with Crippen LogP contribution >= 0.6 is 11.6 Å². The van der Waals surface area contributed by atoms with Gasteiger partial charge in [0.25, 0.3) is 10.0 Å². The van der Waals surface area contributed by atoms with Gasteiger partial charge in [-0.2, -0.15) is 0 Å². The molecule has 7 nitrogen and oxygen atoms in total. The second kappa shape index (κ2) is 13.1. The summed E-state index contributed by atoms with van der Waals surface area (Å²) in [5.41, 5.74) is 3.62. The molecule has 0 aliphatic heterocycles. The van der Waals surface area contributed by atoms with Gasteiger partial charge in [-0.1, -0.05) is 60.5 Å². The number of amides is 2. The van der Waals surface area contributed by atoms with Crippen LogP contribution in [-0.4, -0.2) is 44.3 Å². The molecule has 0 heterocycles. The molecular formula is C30H36ClN3O4S. The van der Waals surface area contributed by atoms with E-state index in [1.807, 2.05) is 45.9 Å². The molecule has 0 aliphatic carbocycles. The van der Waals surface area contributed by atoms with E-state index in [2.05, 4.69) is 5.32 Å². The highest BCUT2D eigenvalue weighted by atomic mass is 35.5. The molecule has 0 aliphatic rings. The zero-order valence-corrected chi connectivity index (χ0v) is 24.6. The predicted molar refractivity (Wildman–Crippen MR) is 156 cm³/mol. The van der Waals surface area contributed by atoms with Crippen molar-refractivity contribution in [2.75, 3.05) is 17.4 Å². The van der Waals surface area contributed by atoms with Crippen LogP contribution in [0, 0.1) is 20.8 Å². The van der Waals surface area contributed by atoms with E-state index in [-0.39, 0.29) is 17.3 Å². The van der Waals surface area contributed by atoms with Crippen molar-refractivity contribution >= 4 is 39.1 Å². The van der Waals surface area contributed by atoms with Crippen molar-refractivity contribution in [3.63, 3.8) is 0 Å². The fraction of sp³-hybridized carbons (Fsp3) is 0.333. The van der Waals surface area contributed by atoms with E-state index in [0.717, 1.165) is 27.4 Å². The summed E-state index contributed by atoms with van der Waals surface area (Å²) in [6, 6.07) is 18.2. The molecule has 208 valence electrons. The van der Waals surface area contributed by atoms with Crippen molar-refractivity contribution in [1.82, 2.24) is 10.2 Å². The molecule has 3 aromatic rings. The van der Waals surface area contributed by atoms with Crippen LogP contribution in [0.4, 0.5) is 5.69 Å². The third-order valence-electron chi connectivity index (χ3n) is 6.48. The van der Waals surface area contributed by atoms with Crippen LogP contribution in [0.15, 0.2) is 71.6 Å². The minimum atomic E-state index is -4.11. The number of anilines is 1. The molecule has 9 heteroatoms. The van der Waals surface area contributed by atoms with Crippen LogP contribution in [-0.2, 0) is 26.2 Å². The Hall–Kier alpha value is -3.36. The first-order chi connectivity index (χ1) is 18.4. The topological polar surface area (TPSA) is 86.8 Å². The van der Waals surface area contributed by atoms with Gasteiger partial charge in [-0.05, 0) is 81.1 Å². The summed E-state index contributed by atoms with van der Waals surface area (Å²) in [5, 5.41) is 3.34. The molecule has 3 rings (SSSR count). The number of nitrogens with one attached hydrogen (secondary N) is 1. The minimum Gasteiger partial charge on any atom is -0.354 e. The number of benzene rings is 3. The Morgan fingerprint density at radius 3 is 2.26 bits per heavy atom. The van der Waals surface area contributed by atoms with Gasteiger partial charge in [0.2, 0.25) is 11.8 Å². The molecule has 0 spiro atoms. The van der Waals surface area contributed by atoms with Gasteiger partial charge >= 0.3 is 0 Å². The highest BCUT2D eigenvalue weighted by molar-refractivity contribution is 7.92. The molecule has 1 N–H and O–H groups in total. The van der Waals surface area contributed by atoms with E-state index < -0.39 is 28.5 Å². The van der Waals surface area contributed by atoms with Gasteiger partial charge in [-0.3, -0.25) is 13.9 Å². The van der Waals surface area contributed by atoms with Crippen molar-refractivity contribution in [2.24, 2.45) is 0 Å². The number of carbonyl (C=O) groups excluding carboxylic acids is 2. The second-order valence-corrected chi connectivity index (χ2v) is 12.0. The molecule has 0 saturated carbocycles. The first-order valence-electron chi connectivity index (χ1n) is 12.9. The van der Waals surface area contributed by atoms with Crippen molar-refractivity contribution in [3.05, 3.63) is 94.0 Å². The van der Waals surface area contributed by atoms with E-state index in [9.17, 15) is 18.0 Å². The maximum Gasteiger partial charge on any atom is 0.264 e. The van der Waals surface area contributed by atoms with Crippen molar-refractivity contribution in [2.45, 2.75) is 58.5 Å². The Morgan fingerprint density at radius 2 is 1.62 bits per heavy atom. The monoisotopic (exact) mass is 569 g/mol. The van der Waals surface area contributed by atoms with Crippen molar-refractivity contribution < 1.29 is 18.0 Å². The molecule has 3 aromatic carbocycles. The highest BCUT2D eigenvalue weighted by Gasteiger charge is 2.33. The van der Waals surface area contributed by atoms with Crippen molar-refractivity contribution in [1.29, 1.82) is 0 Å². The summed E-state index contributed by atoms with van der Waals surface area (Å²) in [6.07, 6.45) is 0.746. The van der Waals surface area contributed by atoms with Gasteiger partial charge in [0, 0.05) is 18.1 Å². The number of rotatable bonds is 11. The van der Waals surface area contributed by atoms with E-state index in [4.69, 9.17) is 11.6 Å². The minimum absolute atomic E-state index is 0.0805. The van der Waals surface area contributed by atoms with Gasteiger partial charge < -0.3 is 10.2 Å². The summed E-state index contributed by atoms with van der Waals surface area (Å²) >= 11 is 6.18. The standard InChI is InChI=1S/C30H36ClN3O4S/c1-6-16-32-30(36)24(5)33(19-25-8-7-9-26(31)18-25)29(35)20-34(28-17-22(3)10-13-23(28)4)39(37,38)27-14-11-21(2)12-15-27/h7-15,17-18,24H,6,16,19-20H2,1-5H3,(H,32,36)/t24-/m0/s1. The summed E-state index contributed by atoms with van der Waals surface area (Å²) in [6.45, 7) is 9.22. The van der Waals surface area contributed by atoms with Crippen LogP contribution < -0.4 is 9.62 Å². The Morgan fingerprint density at radius 1 is 0.949 bits per heavy atom. The largest absolute Gasteiger partial charge is 0.354 e. The lowest BCUT2D eigenvalue weighted by Gasteiger charge is -2.32. The number of hydrogen-bond donors (Lipinski definition) is 1. The number of aryl methyl sites for hydroxylation is 3. The molecule has 2 amide bonds. The van der Waals surface area contributed by atoms with E-state index in [1.54, 1.807) is 43.3 Å². The number of halogens is 1. The summed E-state index contributed by atoms with van der Waals surface area (Å²) in [4.78, 5) is 28.4. The van der Waals surface area contributed by atoms with Gasteiger partial charge in [0.15, 0.2) is 0 Å². The fourth-order valence-corrected chi connectivity index (χ4v) is 5.83. The molecule has 0 radical (unpaired) electrons. The summed E-state index contributed by atoms with van der Waals surface area (Å²) in [7, 11) is -4.11. The van der Waals surface area contributed by atoms with Crippen molar-refractivity contribution in [3.8, 4) is 0 Å². The average Bonchev–Trinajstić information content (AvgIpc) is 2.90. The zero-order chi connectivity index (χ0) is 28.7. The lowest BCUT2D eigenvalue weighted by molar-refractivity contribution is -0.139. The second-order valence-electron chi connectivity index (χ2n) is 9.73. The third-order valence-corrected chi connectivity index (χ3v) is 8.49. The summed E-state index contributed by atoms with van der Waals surface area (Å²) < 4.78 is 29.1. The zero-order valence-electron chi connectivity index (χ0n) is 23.1. The van der Waals surface area contributed by atoms with Gasteiger partial charge in [-0.25, -0.2) is 8.42 Å². The fourth-order valence-electron chi connectivity index (χ4n) is 4.15. The Balaban J connectivity index is 2.06. The van der Waals surface area contributed by atoms with Gasteiger partial charge in [-0.15, -0.1) is 0 Å². The average molecular weight is 570 g/mol. The first-order valence-corrected chi connectivity index (χ1v) is 14.7. The Labute approximate surface area is 236 Å². The van der Waals surface area contributed by atoms with Crippen LogP contribution in [0.25, 0.3) is 0 Å². The van der Waals surface area contributed by atoms with Gasteiger partial charge in [0.1, 0.15) is 12.6 Å². The molecule has 0 aromatic heterocycles. The quantitative estimate of drug-likeness (QED) is 0.335. The molecule has 1 atom stereocenters. The molecule has 0 fully saturated rings.